The molecule has 0 bridgehead atoms. The Morgan fingerprint density at radius 2 is 2.10 bits per heavy atom. The zero-order valence-electron chi connectivity index (χ0n) is 12.2. The fourth-order valence-electron chi connectivity index (χ4n) is 2.36. The summed E-state index contributed by atoms with van der Waals surface area (Å²) < 4.78 is 32.3. The van der Waals surface area contributed by atoms with Crippen LogP contribution in [0.25, 0.3) is 0 Å². The number of hydrogen-bond donors (Lipinski definition) is 0. The minimum atomic E-state index is -3.58. The maximum absolute atomic E-state index is 12.7. The molecule has 1 atom stereocenters. The third kappa shape index (κ3) is 4.03. The first-order valence-corrected chi connectivity index (χ1v) is 8.53. The molecule has 2 rings (SSSR count). The number of rotatable bonds is 6. The average molecular weight is 308 g/mol. The van der Waals surface area contributed by atoms with Gasteiger partial charge >= 0.3 is 0 Å². The molecule has 0 unspecified atom stereocenters. The Balaban J connectivity index is 2.20. The second-order valence-electron chi connectivity index (χ2n) is 5.22. The van der Waals surface area contributed by atoms with Gasteiger partial charge in [-0.2, -0.15) is 9.57 Å². The standard InChI is InChI=1S/C15H20N2O3S/c1-13-5-7-15(8-6-13)21(18,19)17(10-3-9-16)12-14-4-2-11-20-14/h5-8,14H,2-4,10-12H2,1H3/t14-/m0/s1. The van der Waals surface area contributed by atoms with Gasteiger partial charge in [-0.1, -0.05) is 17.7 Å². The highest BCUT2D eigenvalue weighted by Crippen LogP contribution is 2.20. The average Bonchev–Trinajstić information content (AvgIpc) is 2.96. The Labute approximate surface area is 126 Å². The lowest BCUT2D eigenvalue weighted by Gasteiger charge is -2.24. The number of sulfonamides is 1. The van der Waals surface area contributed by atoms with Crippen molar-refractivity contribution in [3.63, 3.8) is 0 Å². The molecule has 0 aromatic heterocycles. The van der Waals surface area contributed by atoms with Crippen molar-refractivity contribution in [2.75, 3.05) is 19.7 Å². The van der Waals surface area contributed by atoms with Crippen molar-refractivity contribution < 1.29 is 13.2 Å². The lowest BCUT2D eigenvalue weighted by molar-refractivity contribution is 0.0941. The number of ether oxygens (including phenoxy) is 1. The Morgan fingerprint density at radius 3 is 2.67 bits per heavy atom. The predicted octanol–water partition coefficient (Wildman–Crippen LogP) is 2.08. The molecular formula is C15H20N2O3S. The molecule has 0 saturated carbocycles. The summed E-state index contributed by atoms with van der Waals surface area (Å²) in [6.07, 6.45) is 1.94. The van der Waals surface area contributed by atoms with E-state index < -0.39 is 10.0 Å². The van der Waals surface area contributed by atoms with E-state index in [1.165, 1.54) is 4.31 Å². The first-order chi connectivity index (χ1) is 10.0. The lowest BCUT2D eigenvalue weighted by Crippen LogP contribution is -2.38. The smallest absolute Gasteiger partial charge is 0.243 e. The van der Waals surface area contributed by atoms with Crippen LogP contribution >= 0.6 is 0 Å². The van der Waals surface area contributed by atoms with E-state index in [1.807, 2.05) is 13.0 Å². The molecule has 114 valence electrons. The van der Waals surface area contributed by atoms with E-state index in [-0.39, 0.29) is 24.0 Å². The Morgan fingerprint density at radius 1 is 1.38 bits per heavy atom. The largest absolute Gasteiger partial charge is 0.377 e. The summed E-state index contributed by atoms with van der Waals surface area (Å²) in [4.78, 5) is 0.268. The van der Waals surface area contributed by atoms with Gasteiger partial charge in [0.15, 0.2) is 0 Å². The van der Waals surface area contributed by atoms with E-state index in [2.05, 4.69) is 0 Å². The second-order valence-corrected chi connectivity index (χ2v) is 7.16. The zero-order chi connectivity index (χ0) is 15.3. The maximum atomic E-state index is 12.7. The van der Waals surface area contributed by atoms with Crippen molar-refractivity contribution in [1.29, 1.82) is 5.26 Å². The maximum Gasteiger partial charge on any atom is 0.243 e. The molecule has 1 fully saturated rings. The number of nitriles is 1. The highest BCUT2D eigenvalue weighted by atomic mass is 32.2. The summed E-state index contributed by atoms with van der Waals surface area (Å²) >= 11 is 0. The quantitative estimate of drug-likeness (QED) is 0.806. The Kier molecular flexibility index (Phi) is 5.34. The molecule has 1 aliphatic heterocycles. The summed E-state index contributed by atoms with van der Waals surface area (Å²) in [6.45, 7) is 3.11. The monoisotopic (exact) mass is 308 g/mol. The van der Waals surface area contributed by atoms with Crippen LogP contribution in [0.2, 0.25) is 0 Å². The summed E-state index contributed by atoms with van der Waals surface area (Å²) in [6, 6.07) is 8.79. The normalized spacial score (nSPS) is 18.8. The van der Waals surface area contributed by atoms with Gasteiger partial charge in [-0.25, -0.2) is 8.42 Å². The Hall–Kier alpha value is -1.42. The van der Waals surface area contributed by atoms with Crippen LogP contribution in [0.15, 0.2) is 29.2 Å². The minimum absolute atomic E-state index is 0.0658. The molecule has 1 aromatic carbocycles. The van der Waals surface area contributed by atoms with Gasteiger partial charge in [-0.05, 0) is 31.9 Å². The second kappa shape index (κ2) is 7.03. The molecule has 0 aliphatic carbocycles. The molecule has 0 spiro atoms. The highest BCUT2D eigenvalue weighted by molar-refractivity contribution is 7.89. The number of benzene rings is 1. The molecule has 1 aliphatic rings. The van der Waals surface area contributed by atoms with Gasteiger partial charge in [0.25, 0.3) is 0 Å². The van der Waals surface area contributed by atoms with Gasteiger partial charge in [0, 0.05) is 26.1 Å². The van der Waals surface area contributed by atoms with Crippen molar-refractivity contribution in [1.82, 2.24) is 4.31 Å². The van der Waals surface area contributed by atoms with Crippen LogP contribution in [0.3, 0.4) is 0 Å². The van der Waals surface area contributed by atoms with Crippen LogP contribution in [0.5, 0.6) is 0 Å². The first-order valence-electron chi connectivity index (χ1n) is 7.09. The molecule has 0 radical (unpaired) electrons. The third-order valence-electron chi connectivity index (χ3n) is 3.56. The van der Waals surface area contributed by atoms with Gasteiger partial charge in [0.2, 0.25) is 10.0 Å². The fraction of sp³-hybridized carbons (Fsp3) is 0.533. The topological polar surface area (TPSA) is 70.4 Å². The van der Waals surface area contributed by atoms with Gasteiger partial charge < -0.3 is 4.74 Å². The van der Waals surface area contributed by atoms with Gasteiger partial charge in [0.05, 0.1) is 17.1 Å². The van der Waals surface area contributed by atoms with Crippen molar-refractivity contribution in [2.45, 2.75) is 37.2 Å². The lowest BCUT2D eigenvalue weighted by atomic mass is 10.2. The molecule has 21 heavy (non-hydrogen) atoms. The highest BCUT2D eigenvalue weighted by Gasteiger charge is 2.28. The van der Waals surface area contributed by atoms with E-state index >= 15 is 0 Å². The van der Waals surface area contributed by atoms with Crippen molar-refractivity contribution in [3.8, 4) is 6.07 Å². The van der Waals surface area contributed by atoms with Crippen molar-refractivity contribution >= 4 is 10.0 Å². The van der Waals surface area contributed by atoms with Crippen LogP contribution in [0.1, 0.15) is 24.8 Å². The first kappa shape index (κ1) is 16.0. The third-order valence-corrected chi connectivity index (χ3v) is 5.44. The number of nitrogens with zero attached hydrogens (tertiary/aromatic N) is 2. The number of aryl methyl sites for hydroxylation is 1. The van der Waals surface area contributed by atoms with Crippen LogP contribution < -0.4 is 0 Å². The summed E-state index contributed by atoms with van der Waals surface area (Å²) in [7, 11) is -3.58. The van der Waals surface area contributed by atoms with Crippen LogP contribution in [-0.2, 0) is 14.8 Å². The molecule has 1 heterocycles. The van der Waals surface area contributed by atoms with Crippen LogP contribution in [0.4, 0.5) is 0 Å². The molecular weight excluding hydrogens is 288 g/mol. The minimum Gasteiger partial charge on any atom is -0.377 e. The summed E-state index contributed by atoms with van der Waals surface area (Å²) in [5.74, 6) is 0. The molecule has 6 heteroatoms. The SMILES string of the molecule is Cc1ccc(S(=O)(=O)N(CCC#N)C[C@@H]2CCCO2)cc1. The van der Waals surface area contributed by atoms with Crippen molar-refractivity contribution in [2.24, 2.45) is 0 Å². The van der Waals surface area contributed by atoms with E-state index in [9.17, 15) is 8.42 Å². The molecule has 1 aromatic rings. The summed E-state index contributed by atoms with van der Waals surface area (Å²) in [5.41, 5.74) is 1.01. The zero-order valence-corrected chi connectivity index (χ0v) is 13.0. The molecule has 5 nitrogen and oxygen atoms in total. The molecule has 0 N–H and O–H groups in total. The molecule has 1 saturated heterocycles. The number of hydrogen-bond acceptors (Lipinski definition) is 4. The van der Waals surface area contributed by atoms with Crippen LogP contribution in [0, 0.1) is 18.3 Å². The van der Waals surface area contributed by atoms with E-state index in [4.69, 9.17) is 10.00 Å². The van der Waals surface area contributed by atoms with Crippen LogP contribution in [-0.4, -0.2) is 38.5 Å². The fourth-order valence-corrected chi connectivity index (χ4v) is 3.83. The van der Waals surface area contributed by atoms with Gasteiger partial charge in [-0.3, -0.25) is 0 Å². The predicted molar refractivity (Wildman–Crippen MR) is 79.1 cm³/mol. The molecule has 0 amide bonds. The van der Waals surface area contributed by atoms with Crippen molar-refractivity contribution in [3.05, 3.63) is 29.8 Å². The van der Waals surface area contributed by atoms with E-state index in [1.54, 1.807) is 24.3 Å². The van der Waals surface area contributed by atoms with E-state index in [0.717, 1.165) is 18.4 Å². The van der Waals surface area contributed by atoms with E-state index in [0.29, 0.717) is 13.2 Å². The van der Waals surface area contributed by atoms with Gasteiger partial charge in [-0.15, -0.1) is 0 Å². The van der Waals surface area contributed by atoms with Gasteiger partial charge in [0.1, 0.15) is 0 Å². The Bertz CT molecular complexity index is 599. The summed E-state index contributed by atoms with van der Waals surface area (Å²) in [5, 5.41) is 8.75.